The molecule has 0 aromatic heterocycles. The number of halogens is 2. The maximum atomic E-state index is 6.12. The van der Waals surface area contributed by atoms with Gasteiger partial charge in [0.2, 0.25) is 0 Å². The van der Waals surface area contributed by atoms with E-state index in [9.17, 15) is 0 Å². The fraction of sp³-hybridized carbons (Fsp3) is 0.538. The van der Waals surface area contributed by atoms with Crippen molar-refractivity contribution >= 4 is 23.2 Å². The lowest BCUT2D eigenvalue weighted by molar-refractivity contribution is 0.101. The van der Waals surface area contributed by atoms with Crippen molar-refractivity contribution in [3.8, 4) is 0 Å². The first-order chi connectivity index (χ1) is 7.65. The van der Waals surface area contributed by atoms with Gasteiger partial charge in [-0.1, -0.05) is 36.2 Å². The predicted molar refractivity (Wildman–Crippen MR) is 68.3 cm³/mol. The van der Waals surface area contributed by atoms with E-state index in [4.69, 9.17) is 27.9 Å². The van der Waals surface area contributed by atoms with Gasteiger partial charge in [-0.15, -0.1) is 0 Å². The Morgan fingerprint density at radius 2 is 2.19 bits per heavy atom. The van der Waals surface area contributed by atoms with Gasteiger partial charge in [-0.2, -0.15) is 0 Å². The third-order valence-corrected chi connectivity index (χ3v) is 3.62. The van der Waals surface area contributed by atoms with Gasteiger partial charge in [0.15, 0.2) is 0 Å². The fourth-order valence-electron chi connectivity index (χ4n) is 2.13. The third kappa shape index (κ3) is 3.13. The van der Waals surface area contributed by atoms with Crippen LogP contribution in [0.3, 0.4) is 0 Å². The first kappa shape index (κ1) is 12.2. The van der Waals surface area contributed by atoms with Gasteiger partial charge in [0.25, 0.3) is 0 Å². The number of benzene rings is 1. The highest BCUT2D eigenvalue weighted by atomic mass is 35.5. The molecule has 1 aliphatic rings. The summed E-state index contributed by atoms with van der Waals surface area (Å²) < 4.78 is 5.68. The molecule has 1 aromatic carbocycles. The molecule has 1 aromatic rings. The first-order valence-corrected chi connectivity index (χ1v) is 6.46. The van der Waals surface area contributed by atoms with E-state index in [1.54, 1.807) is 6.07 Å². The van der Waals surface area contributed by atoms with Crippen molar-refractivity contribution in [3.05, 3.63) is 33.8 Å². The highest BCUT2D eigenvalue weighted by Gasteiger charge is 2.21. The molecule has 1 nitrogen and oxygen atoms in total. The second-order valence-corrected chi connectivity index (χ2v) is 5.41. The van der Waals surface area contributed by atoms with Crippen LogP contribution in [0.15, 0.2) is 18.2 Å². The summed E-state index contributed by atoms with van der Waals surface area (Å²) in [6, 6.07) is 5.69. The van der Waals surface area contributed by atoms with E-state index in [2.05, 4.69) is 6.92 Å². The molecular weight excluding hydrogens is 243 g/mol. The molecule has 1 unspecified atom stereocenters. The average Bonchev–Trinajstić information content (AvgIpc) is 2.63. The standard InChI is InChI=1S/C13H16Cl2O/c1-9-6-12(16-8-9)5-3-10-2-4-11(14)7-13(10)15/h2,4,7,9,12H,3,5-6,8H2,1H3/t9-,12?/m1/s1. The quantitative estimate of drug-likeness (QED) is 0.784. The van der Waals surface area contributed by atoms with Crippen LogP contribution in [0.25, 0.3) is 0 Å². The summed E-state index contributed by atoms with van der Waals surface area (Å²) in [7, 11) is 0. The molecule has 0 N–H and O–H groups in total. The minimum Gasteiger partial charge on any atom is -0.378 e. The van der Waals surface area contributed by atoms with Gasteiger partial charge >= 0.3 is 0 Å². The molecule has 0 saturated carbocycles. The van der Waals surface area contributed by atoms with E-state index in [-0.39, 0.29) is 0 Å². The summed E-state index contributed by atoms with van der Waals surface area (Å²) >= 11 is 12.0. The SMILES string of the molecule is C[C@H]1COC(CCc2ccc(Cl)cc2Cl)C1. The Morgan fingerprint density at radius 3 is 2.81 bits per heavy atom. The van der Waals surface area contributed by atoms with Gasteiger partial charge < -0.3 is 4.74 Å². The van der Waals surface area contributed by atoms with Crippen molar-refractivity contribution in [2.75, 3.05) is 6.61 Å². The second-order valence-electron chi connectivity index (χ2n) is 4.57. The minimum absolute atomic E-state index is 0.404. The molecule has 0 radical (unpaired) electrons. The second kappa shape index (κ2) is 5.39. The summed E-state index contributed by atoms with van der Waals surface area (Å²) in [6.45, 7) is 3.13. The predicted octanol–water partition coefficient (Wildman–Crippen LogP) is 4.35. The number of aryl methyl sites for hydroxylation is 1. The molecule has 0 aliphatic carbocycles. The van der Waals surface area contributed by atoms with Crippen molar-refractivity contribution in [1.29, 1.82) is 0 Å². The molecule has 1 saturated heterocycles. The minimum atomic E-state index is 0.404. The largest absolute Gasteiger partial charge is 0.378 e. The molecule has 0 spiro atoms. The van der Waals surface area contributed by atoms with Crippen LogP contribution in [-0.2, 0) is 11.2 Å². The Morgan fingerprint density at radius 1 is 1.38 bits per heavy atom. The number of ether oxygens (including phenoxy) is 1. The topological polar surface area (TPSA) is 9.23 Å². The zero-order valence-electron chi connectivity index (χ0n) is 9.38. The van der Waals surface area contributed by atoms with E-state index >= 15 is 0 Å². The zero-order chi connectivity index (χ0) is 11.5. The van der Waals surface area contributed by atoms with Crippen molar-refractivity contribution in [2.45, 2.75) is 32.3 Å². The van der Waals surface area contributed by atoms with Gasteiger partial charge in [-0.3, -0.25) is 0 Å². The van der Waals surface area contributed by atoms with E-state index in [0.29, 0.717) is 17.0 Å². The van der Waals surface area contributed by atoms with Crippen LogP contribution < -0.4 is 0 Å². The van der Waals surface area contributed by atoms with Gasteiger partial charge in [0, 0.05) is 16.7 Å². The monoisotopic (exact) mass is 258 g/mol. The van der Waals surface area contributed by atoms with Crippen LogP contribution in [0.5, 0.6) is 0 Å². The Kier molecular flexibility index (Phi) is 4.12. The Labute approximate surface area is 107 Å². The van der Waals surface area contributed by atoms with Gasteiger partial charge in [0.1, 0.15) is 0 Å². The van der Waals surface area contributed by atoms with E-state index < -0.39 is 0 Å². The molecule has 88 valence electrons. The van der Waals surface area contributed by atoms with Gasteiger partial charge in [-0.05, 0) is 42.9 Å². The Hall–Kier alpha value is -0.240. The highest BCUT2D eigenvalue weighted by molar-refractivity contribution is 6.35. The third-order valence-electron chi connectivity index (χ3n) is 3.03. The van der Waals surface area contributed by atoms with Crippen LogP contribution in [0.4, 0.5) is 0 Å². The van der Waals surface area contributed by atoms with Gasteiger partial charge in [0.05, 0.1) is 6.10 Å². The molecule has 1 heterocycles. The Balaban J connectivity index is 1.89. The maximum Gasteiger partial charge on any atom is 0.0581 e. The lowest BCUT2D eigenvalue weighted by atomic mass is 10.0. The van der Waals surface area contributed by atoms with Crippen LogP contribution in [-0.4, -0.2) is 12.7 Å². The molecule has 0 amide bonds. The summed E-state index contributed by atoms with van der Waals surface area (Å²) in [6.07, 6.45) is 3.59. The number of hydrogen-bond donors (Lipinski definition) is 0. The van der Waals surface area contributed by atoms with E-state index in [1.165, 1.54) is 6.42 Å². The molecule has 2 rings (SSSR count). The maximum absolute atomic E-state index is 6.12. The van der Waals surface area contributed by atoms with Crippen LogP contribution in [0.2, 0.25) is 10.0 Å². The molecule has 3 heteroatoms. The molecule has 0 bridgehead atoms. The number of hydrogen-bond acceptors (Lipinski definition) is 1. The summed E-state index contributed by atoms with van der Waals surface area (Å²) in [5.74, 6) is 0.700. The smallest absolute Gasteiger partial charge is 0.0581 e. The molecule has 1 aliphatic heterocycles. The lowest BCUT2D eigenvalue weighted by Crippen LogP contribution is -2.06. The van der Waals surface area contributed by atoms with E-state index in [0.717, 1.165) is 30.0 Å². The van der Waals surface area contributed by atoms with Crippen LogP contribution in [0, 0.1) is 5.92 Å². The van der Waals surface area contributed by atoms with E-state index in [1.807, 2.05) is 12.1 Å². The normalized spacial score (nSPS) is 24.9. The van der Waals surface area contributed by atoms with Gasteiger partial charge in [-0.25, -0.2) is 0 Å². The zero-order valence-corrected chi connectivity index (χ0v) is 10.9. The highest BCUT2D eigenvalue weighted by Crippen LogP contribution is 2.26. The summed E-state index contributed by atoms with van der Waals surface area (Å²) in [4.78, 5) is 0. The van der Waals surface area contributed by atoms with Crippen molar-refractivity contribution < 1.29 is 4.74 Å². The van der Waals surface area contributed by atoms with Crippen molar-refractivity contribution in [3.63, 3.8) is 0 Å². The van der Waals surface area contributed by atoms with Crippen LogP contribution in [0.1, 0.15) is 25.3 Å². The molecule has 1 fully saturated rings. The first-order valence-electron chi connectivity index (χ1n) is 5.70. The van der Waals surface area contributed by atoms with Crippen molar-refractivity contribution in [2.24, 2.45) is 5.92 Å². The van der Waals surface area contributed by atoms with Crippen molar-refractivity contribution in [1.82, 2.24) is 0 Å². The molecule has 2 atom stereocenters. The summed E-state index contributed by atoms with van der Waals surface area (Å²) in [5.41, 5.74) is 1.16. The molecular formula is C13H16Cl2O. The van der Waals surface area contributed by atoms with Crippen LogP contribution >= 0.6 is 23.2 Å². The lowest BCUT2D eigenvalue weighted by Gasteiger charge is -2.10. The Bertz CT molecular complexity index is 365. The molecule has 16 heavy (non-hydrogen) atoms. The average molecular weight is 259 g/mol. The number of rotatable bonds is 3. The summed E-state index contributed by atoms with van der Waals surface area (Å²) in [5, 5.41) is 1.46. The fourth-order valence-corrected chi connectivity index (χ4v) is 2.63.